The molecule has 1 aliphatic heterocycles. The molecule has 1 heterocycles. The molecule has 0 spiro atoms. The van der Waals surface area contributed by atoms with Gasteiger partial charge in [0.1, 0.15) is 0 Å². The molecule has 23 heavy (non-hydrogen) atoms. The standard InChI is InChI=1S/C17H28N2O3.ClH/c1-4-22-15-11-13(5-6-14(15)21)16(17(2,3)12-20)19-9-7-18-8-10-19;/h5-6,11,16,18,20-21H,4,7-10,12H2,1-3H3;1H/t16-;/m1./s1. The Morgan fingerprint density at radius 3 is 2.52 bits per heavy atom. The van der Waals surface area contributed by atoms with Gasteiger partial charge in [0, 0.05) is 44.2 Å². The maximum absolute atomic E-state index is 9.92. The zero-order valence-electron chi connectivity index (χ0n) is 14.2. The fourth-order valence-electron chi connectivity index (χ4n) is 3.15. The molecule has 0 unspecified atom stereocenters. The second kappa shape index (κ2) is 8.73. The van der Waals surface area contributed by atoms with Gasteiger partial charge >= 0.3 is 0 Å². The van der Waals surface area contributed by atoms with Gasteiger partial charge in [0.2, 0.25) is 0 Å². The summed E-state index contributed by atoms with van der Waals surface area (Å²) < 4.78 is 5.52. The molecule has 1 fully saturated rings. The Labute approximate surface area is 145 Å². The third kappa shape index (κ3) is 4.73. The van der Waals surface area contributed by atoms with Crippen molar-refractivity contribution in [3.63, 3.8) is 0 Å². The van der Waals surface area contributed by atoms with Gasteiger partial charge in [-0.3, -0.25) is 4.90 Å². The summed E-state index contributed by atoms with van der Waals surface area (Å²) in [5, 5.41) is 23.1. The van der Waals surface area contributed by atoms with E-state index < -0.39 is 0 Å². The molecular formula is C17H29ClN2O3. The first-order valence-electron chi connectivity index (χ1n) is 8.01. The summed E-state index contributed by atoms with van der Waals surface area (Å²) in [6.45, 7) is 10.5. The summed E-state index contributed by atoms with van der Waals surface area (Å²) in [7, 11) is 0. The van der Waals surface area contributed by atoms with Crippen molar-refractivity contribution in [3.8, 4) is 11.5 Å². The van der Waals surface area contributed by atoms with Crippen LogP contribution < -0.4 is 10.1 Å². The number of nitrogens with one attached hydrogen (secondary N) is 1. The van der Waals surface area contributed by atoms with Crippen molar-refractivity contribution < 1.29 is 14.9 Å². The van der Waals surface area contributed by atoms with Crippen molar-refractivity contribution in [1.29, 1.82) is 0 Å². The van der Waals surface area contributed by atoms with E-state index in [2.05, 4.69) is 24.1 Å². The second-order valence-electron chi connectivity index (χ2n) is 6.50. The molecule has 3 N–H and O–H groups in total. The molecule has 0 amide bonds. The predicted molar refractivity (Wildman–Crippen MR) is 94.6 cm³/mol. The van der Waals surface area contributed by atoms with E-state index in [-0.39, 0.29) is 36.2 Å². The van der Waals surface area contributed by atoms with Crippen LogP contribution in [0, 0.1) is 5.41 Å². The molecule has 1 aromatic carbocycles. The van der Waals surface area contributed by atoms with Crippen LogP contribution in [-0.2, 0) is 0 Å². The fourth-order valence-corrected chi connectivity index (χ4v) is 3.15. The first kappa shape index (κ1) is 20.0. The minimum atomic E-state index is -0.280. The molecule has 0 aromatic heterocycles. The summed E-state index contributed by atoms with van der Waals surface area (Å²) in [4.78, 5) is 2.40. The van der Waals surface area contributed by atoms with Crippen molar-refractivity contribution in [2.45, 2.75) is 26.8 Å². The van der Waals surface area contributed by atoms with E-state index in [0.29, 0.717) is 12.4 Å². The average molecular weight is 345 g/mol. The molecule has 0 radical (unpaired) electrons. The molecule has 5 nitrogen and oxygen atoms in total. The highest BCUT2D eigenvalue weighted by molar-refractivity contribution is 5.85. The quantitative estimate of drug-likeness (QED) is 0.738. The van der Waals surface area contributed by atoms with Gasteiger partial charge in [0.15, 0.2) is 11.5 Å². The third-order valence-corrected chi connectivity index (χ3v) is 4.26. The summed E-state index contributed by atoms with van der Waals surface area (Å²) >= 11 is 0. The minimum Gasteiger partial charge on any atom is -0.504 e. The van der Waals surface area contributed by atoms with Gasteiger partial charge in [-0.15, -0.1) is 12.4 Å². The number of aliphatic hydroxyl groups excluding tert-OH is 1. The fraction of sp³-hybridized carbons (Fsp3) is 0.647. The maximum atomic E-state index is 9.92. The molecule has 6 heteroatoms. The van der Waals surface area contributed by atoms with Crippen molar-refractivity contribution in [2.24, 2.45) is 5.41 Å². The van der Waals surface area contributed by atoms with E-state index in [1.54, 1.807) is 6.07 Å². The number of piperazine rings is 1. The Morgan fingerprint density at radius 2 is 1.96 bits per heavy atom. The molecule has 0 aliphatic carbocycles. The van der Waals surface area contributed by atoms with Crippen molar-refractivity contribution in [3.05, 3.63) is 23.8 Å². The zero-order chi connectivity index (χ0) is 16.2. The highest BCUT2D eigenvalue weighted by atomic mass is 35.5. The van der Waals surface area contributed by atoms with E-state index in [1.165, 1.54) is 0 Å². The summed E-state index contributed by atoms with van der Waals surface area (Å²) in [5.74, 6) is 0.667. The minimum absolute atomic E-state index is 0. The maximum Gasteiger partial charge on any atom is 0.161 e. The number of hydrogen-bond donors (Lipinski definition) is 3. The number of nitrogens with zero attached hydrogens (tertiary/aromatic N) is 1. The Balaban J connectivity index is 0.00000264. The average Bonchev–Trinajstić information content (AvgIpc) is 2.52. The van der Waals surface area contributed by atoms with Gasteiger partial charge in [-0.25, -0.2) is 0 Å². The number of halogens is 1. The number of rotatable bonds is 6. The van der Waals surface area contributed by atoms with Crippen LogP contribution in [0.4, 0.5) is 0 Å². The summed E-state index contributed by atoms with van der Waals surface area (Å²) in [5.41, 5.74) is 0.792. The number of benzene rings is 1. The van der Waals surface area contributed by atoms with Gasteiger partial charge in [0.25, 0.3) is 0 Å². The number of aromatic hydroxyl groups is 1. The van der Waals surface area contributed by atoms with Crippen LogP contribution in [0.3, 0.4) is 0 Å². The van der Waals surface area contributed by atoms with Crippen LogP contribution in [0.5, 0.6) is 11.5 Å². The third-order valence-electron chi connectivity index (χ3n) is 4.26. The van der Waals surface area contributed by atoms with Crippen LogP contribution in [0.15, 0.2) is 18.2 Å². The molecule has 2 rings (SSSR count). The molecule has 1 aliphatic rings. The highest BCUT2D eigenvalue weighted by Crippen LogP contribution is 2.41. The van der Waals surface area contributed by atoms with Crippen LogP contribution in [0.25, 0.3) is 0 Å². The van der Waals surface area contributed by atoms with E-state index >= 15 is 0 Å². The SMILES string of the molecule is CCOc1cc([C@@H](N2CCNCC2)C(C)(C)CO)ccc1O.Cl. The normalized spacial score (nSPS) is 17.4. The van der Waals surface area contributed by atoms with Gasteiger partial charge < -0.3 is 20.3 Å². The number of aliphatic hydroxyl groups is 1. The lowest BCUT2D eigenvalue weighted by molar-refractivity contribution is 0.0304. The van der Waals surface area contributed by atoms with Crippen LogP contribution in [-0.4, -0.2) is 54.5 Å². The topological polar surface area (TPSA) is 65.0 Å². The van der Waals surface area contributed by atoms with Gasteiger partial charge in [0.05, 0.1) is 6.61 Å². The first-order valence-corrected chi connectivity index (χ1v) is 8.01. The Morgan fingerprint density at radius 1 is 1.30 bits per heavy atom. The molecular weight excluding hydrogens is 316 g/mol. The van der Waals surface area contributed by atoms with Crippen molar-refractivity contribution in [2.75, 3.05) is 39.4 Å². The van der Waals surface area contributed by atoms with E-state index in [4.69, 9.17) is 4.74 Å². The zero-order valence-corrected chi connectivity index (χ0v) is 15.0. The van der Waals surface area contributed by atoms with Crippen molar-refractivity contribution in [1.82, 2.24) is 10.2 Å². The number of phenolic OH excluding ortho intramolecular Hbond substituents is 1. The number of phenols is 1. The Kier molecular flexibility index (Phi) is 7.61. The number of ether oxygens (including phenoxy) is 1. The molecule has 0 saturated carbocycles. The Hall–Kier alpha value is -1.01. The van der Waals surface area contributed by atoms with Crippen LogP contribution in [0.1, 0.15) is 32.4 Å². The summed E-state index contributed by atoms with van der Waals surface area (Å²) in [6.07, 6.45) is 0. The monoisotopic (exact) mass is 344 g/mol. The van der Waals surface area contributed by atoms with Gasteiger partial charge in [-0.05, 0) is 24.6 Å². The molecule has 132 valence electrons. The van der Waals surface area contributed by atoms with E-state index in [9.17, 15) is 10.2 Å². The largest absolute Gasteiger partial charge is 0.504 e. The molecule has 1 aromatic rings. The Bertz CT molecular complexity index is 491. The molecule has 1 atom stereocenters. The van der Waals surface area contributed by atoms with Gasteiger partial charge in [-0.1, -0.05) is 19.9 Å². The number of hydrogen-bond acceptors (Lipinski definition) is 5. The van der Waals surface area contributed by atoms with Crippen molar-refractivity contribution >= 4 is 12.4 Å². The summed E-state index contributed by atoms with van der Waals surface area (Å²) in [6, 6.07) is 5.60. The smallest absolute Gasteiger partial charge is 0.161 e. The second-order valence-corrected chi connectivity index (χ2v) is 6.50. The highest BCUT2D eigenvalue weighted by Gasteiger charge is 2.36. The first-order chi connectivity index (χ1) is 10.5. The van der Waals surface area contributed by atoms with Crippen LogP contribution >= 0.6 is 12.4 Å². The molecule has 1 saturated heterocycles. The lowest BCUT2D eigenvalue weighted by atomic mass is 9.79. The van der Waals surface area contributed by atoms with E-state index in [0.717, 1.165) is 31.7 Å². The van der Waals surface area contributed by atoms with Gasteiger partial charge in [-0.2, -0.15) is 0 Å². The lowest BCUT2D eigenvalue weighted by Crippen LogP contribution is -2.49. The predicted octanol–water partition coefficient (Wildman–Crippen LogP) is 2.18. The lowest BCUT2D eigenvalue weighted by Gasteiger charge is -2.43. The molecule has 0 bridgehead atoms. The van der Waals surface area contributed by atoms with E-state index in [1.807, 2.05) is 19.1 Å². The van der Waals surface area contributed by atoms with Crippen LogP contribution in [0.2, 0.25) is 0 Å².